The lowest BCUT2D eigenvalue weighted by atomic mass is 9.99. The molecule has 5 amide bonds. The summed E-state index contributed by atoms with van der Waals surface area (Å²) in [5.74, 6) is -0.932. The lowest BCUT2D eigenvalue weighted by Crippen LogP contribution is -2.54. The van der Waals surface area contributed by atoms with Crippen LogP contribution in [-0.2, 0) is 28.0 Å². The first-order valence-electron chi connectivity index (χ1n) is 17.4. The third-order valence-electron chi connectivity index (χ3n) is 10.1. The largest absolute Gasteiger partial charge is 0.496 e. The molecule has 7 rings (SSSR count). The van der Waals surface area contributed by atoms with E-state index in [1.165, 1.54) is 12.1 Å². The van der Waals surface area contributed by atoms with Gasteiger partial charge in [0, 0.05) is 76.6 Å². The predicted octanol–water partition coefficient (Wildman–Crippen LogP) is 1.78. The van der Waals surface area contributed by atoms with Gasteiger partial charge in [-0.25, -0.2) is 4.98 Å². The van der Waals surface area contributed by atoms with Crippen molar-refractivity contribution in [2.75, 3.05) is 59.4 Å². The molecule has 2 N–H and O–H groups in total. The molecule has 5 heterocycles. The number of hydrogen-bond donors (Lipinski definition) is 2. The summed E-state index contributed by atoms with van der Waals surface area (Å²) in [6, 6.07) is 8.99. The number of pyridine rings is 2. The number of hydrogen-bond acceptors (Lipinski definition) is 12. The van der Waals surface area contributed by atoms with E-state index in [2.05, 4.69) is 20.5 Å². The van der Waals surface area contributed by atoms with E-state index in [-0.39, 0.29) is 47.8 Å². The maximum absolute atomic E-state index is 13.4. The van der Waals surface area contributed by atoms with Gasteiger partial charge in [-0.15, -0.1) is 0 Å². The fraction of sp³-hybridized carbons (Fsp3) is 0.342. The minimum atomic E-state index is -1.11. The number of piperidine rings is 1. The second-order valence-corrected chi connectivity index (χ2v) is 13.3. The molecule has 0 radical (unpaired) electrons. The third kappa shape index (κ3) is 6.48. The van der Waals surface area contributed by atoms with E-state index < -0.39 is 29.7 Å². The molecule has 2 fully saturated rings. The number of nitrogens with zero attached hydrogens (tertiary/aromatic N) is 5. The molecule has 0 bridgehead atoms. The Kier molecular flexibility index (Phi) is 9.77. The van der Waals surface area contributed by atoms with Crippen LogP contribution in [0.1, 0.15) is 39.1 Å². The molecule has 4 aromatic rings. The lowest BCUT2D eigenvalue weighted by molar-refractivity contribution is -0.136. The van der Waals surface area contributed by atoms with E-state index in [1.54, 1.807) is 62.3 Å². The zero-order chi connectivity index (χ0) is 38.3. The van der Waals surface area contributed by atoms with Gasteiger partial charge < -0.3 is 29.0 Å². The van der Waals surface area contributed by atoms with Crippen LogP contribution in [0.25, 0.3) is 21.9 Å². The maximum atomic E-state index is 13.4. The summed E-state index contributed by atoms with van der Waals surface area (Å²) in [4.78, 5) is 86.1. The van der Waals surface area contributed by atoms with Crippen molar-refractivity contribution in [3.05, 3.63) is 75.8 Å². The van der Waals surface area contributed by atoms with Crippen molar-refractivity contribution in [1.29, 1.82) is 0 Å². The van der Waals surface area contributed by atoms with Gasteiger partial charge in [-0.2, -0.15) is 0 Å². The quantitative estimate of drug-likeness (QED) is 0.226. The first kappa shape index (κ1) is 36.1. The SMILES string of the molecule is CNc1cc2c(=O)n(C)cc(-c3cc(OC)c(CN4CCN(C(=O)COc5cccc6c5C(=O)N(C5CCC(=O)NC5=O)C6=O)CC4)c(OC)c3)c2cn1. The Morgan fingerprint density at radius 3 is 2.31 bits per heavy atom. The molecule has 0 spiro atoms. The molecule has 16 nitrogen and oxygen atoms in total. The van der Waals surface area contributed by atoms with E-state index >= 15 is 0 Å². The molecule has 16 heteroatoms. The van der Waals surface area contributed by atoms with Crippen LogP contribution in [0.5, 0.6) is 17.2 Å². The molecule has 0 aliphatic carbocycles. The molecule has 1 atom stereocenters. The fourth-order valence-electron chi connectivity index (χ4n) is 7.23. The van der Waals surface area contributed by atoms with E-state index in [1.807, 2.05) is 12.1 Å². The van der Waals surface area contributed by atoms with Crippen molar-refractivity contribution >= 4 is 46.1 Å². The number of nitrogens with one attached hydrogen (secondary N) is 2. The molecular formula is C38H39N7O9. The van der Waals surface area contributed by atoms with Gasteiger partial charge in [-0.05, 0) is 42.3 Å². The minimum absolute atomic E-state index is 0.00850. The Morgan fingerprint density at radius 1 is 0.926 bits per heavy atom. The molecule has 3 aliphatic rings. The number of anilines is 1. The Hall–Kier alpha value is -6.29. The Labute approximate surface area is 309 Å². The standard InChI is InChI=1S/C38H39N7O9/c1-39-31-16-23-24(17-40-31)25(18-42(2)36(23)49)21-14-29(52-3)26(30(15-21)53-4)19-43-10-12-44(13-11-43)33(47)20-54-28-7-5-6-22-34(28)38(51)45(37(22)50)27-8-9-32(46)41-35(27)48/h5-7,14-18,27H,8-13,19-20H2,1-4H3,(H,39,40)(H,41,46,48). The normalized spacial score (nSPS) is 17.4. The number of aryl methyl sites for hydroxylation is 1. The molecule has 2 saturated heterocycles. The second kappa shape index (κ2) is 14.6. The zero-order valence-electron chi connectivity index (χ0n) is 30.3. The molecule has 2 aromatic carbocycles. The molecule has 280 valence electrons. The topological polar surface area (TPSA) is 182 Å². The Morgan fingerprint density at radius 2 is 1.65 bits per heavy atom. The van der Waals surface area contributed by atoms with Crippen molar-refractivity contribution in [2.45, 2.75) is 25.4 Å². The van der Waals surface area contributed by atoms with Gasteiger partial charge in [0.25, 0.3) is 23.3 Å². The van der Waals surface area contributed by atoms with Gasteiger partial charge in [0.1, 0.15) is 29.1 Å². The molecule has 3 aliphatic heterocycles. The third-order valence-corrected chi connectivity index (χ3v) is 10.1. The van der Waals surface area contributed by atoms with Crippen LogP contribution < -0.4 is 30.4 Å². The number of imide groups is 2. The van der Waals surface area contributed by atoms with Crippen LogP contribution in [0.2, 0.25) is 0 Å². The maximum Gasteiger partial charge on any atom is 0.266 e. The summed E-state index contributed by atoms with van der Waals surface area (Å²) < 4.78 is 19.1. The Balaban J connectivity index is 1.01. The van der Waals surface area contributed by atoms with Gasteiger partial charge >= 0.3 is 0 Å². The van der Waals surface area contributed by atoms with Gasteiger partial charge in [0.2, 0.25) is 11.8 Å². The number of carbonyl (C=O) groups excluding carboxylic acids is 5. The predicted molar refractivity (Wildman–Crippen MR) is 196 cm³/mol. The van der Waals surface area contributed by atoms with Crippen molar-refractivity contribution < 1.29 is 38.2 Å². The molecule has 54 heavy (non-hydrogen) atoms. The van der Waals surface area contributed by atoms with Crippen molar-refractivity contribution in [1.82, 2.24) is 29.6 Å². The second-order valence-electron chi connectivity index (χ2n) is 13.3. The van der Waals surface area contributed by atoms with E-state index in [0.717, 1.165) is 21.6 Å². The molecule has 2 aromatic heterocycles. The van der Waals surface area contributed by atoms with Gasteiger partial charge in [-0.1, -0.05) is 6.07 Å². The minimum Gasteiger partial charge on any atom is -0.496 e. The van der Waals surface area contributed by atoms with Crippen LogP contribution in [0.4, 0.5) is 5.82 Å². The fourth-order valence-corrected chi connectivity index (χ4v) is 7.23. The number of carbonyl (C=O) groups is 5. The monoisotopic (exact) mass is 737 g/mol. The highest BCUT2D eigenvalue weighted by Crippen LogP contribution is 2.38. The van der Waals surface area contributed by atoms with Crippen LogP contribution in [0.3, 0.4) is 0 Å². The van der Waals surface area contributed by atoms with Crippen LogP contribution in [0, 0.1) is 0 Å². The molecular weight excluding hydrogens is 698 g/mol. The number of ether oxygens (including phenoxy) is 3. The van der Waals surface area contributed by atoms with Crippen LogP contribution >= 0.6 is 0 Å². The Bertz CT molecular complexity index is 2250. The number of methoxy groups -OCH3 is 2. The summed E-state index contributed by atoms with van der Waals surface area (Å²) >= 11 is 0. The highest BCUT2D eigenvalue weighted by atomic mass is 16.5. The van der Waals surface area contributed by atoms with Gasteiger partial charge in [0.15, 0.2) is 6.61 Å². The van der Waals surface area contributed by atoms with Crippen LogP contribution in [-0.4, -0.2) is 114 Å². The summed E-state index contributed by atoms with van der Waals surface area (Å²) in [6.45, 7) is 2.08. The van der Waals surface area contributed by atoms with Crippen molar-refractivity contribution in [3.8, 4) is 28.4 Å². The highest BCUT2D eigenvalue weighted by molar-refractivity contribution is 6.24. The molecule has 0 saturated carbocycles. The van der Waals surface area contributed by atoms with Crippen molar-refractivity contribution in [2.24, 2.45) is 7.05 Å². The van der Waals surface area contributed by atoms with Gasteiger partial charge in [0.05, 0.1) is 36.3 Å². The summed E-state index contributed by atoms with van der Waals surface area (Å²) in [7, 11) is 6.64. The van der Waals surface area contributed by atoms with E-state index in [0.29, 0.717) is 60.8 Å². The summed E-state index contributed by atoms with van der Waals surface area (Å²) in [5, 5.41) is 6.39. The lowest BCUT2D eigenvalue weighted by Gasteiger charge is -2.35. The number of benzene rings is 2. The average Bonchev–Trinajstić information content (AvgIpc) is 3.44. The number of rotatable bonds is 10. The number of fused-ring (bicyclic) bond motifs is 2. The number of amides is 5. The summed E-state index contributed by atoms with van der Waals surface area (Å²) in [5.41, 5.74) is 2.35. The highest BCUT2D eigenvalue weighted by Gasteiger charge is 2.46. The van der Waals surface area contributed by atoms with Gasteiger partial charge in [-0.3, -0.25) is 43.9 Å². The zero-order valence-corrected chi connectivity index (χ0v) is 30.3. The first-order valence-corrected chi connectivity index (χ1v) is 17.4. The summed E-state index contributed by atoms with van der Waals surface area (Å²) in [6.07, 6.45) is 3.50. The van der Waals surface area contributed by atoms with E-state index in [9.17, 15) is 28.8 Å². The number of aromatic nitrogens is 2. The average molecular weight is 738 g/mol. The van der Waals surface area contributed by atoms with Crippen LogP contribution in [0.15, 0.2) is 53.6 Å². The smallest absolute Gasteiger partial charge is 0.266 e. The molecule has 1 unspecified atom stereocenters. The number of piperazine rings is 1. The first-order chi connectivity index (χ1) is 26.0. The van der Waals surface area contributed by atoms with Crippen molar-refractivity contribution in [3.63, 3.8) is 0 Å². The van der Waals surface area contributed by atoms with E-state index in [4.69, 9.17) is 14.2 Å².